The van der Waals surface area contributed by atoms with Gasteiger partial charge in [0.2, 0.25) is 5.95 Å². The zero-order chi connectivity index (χ0) is 21.2. The maximum absolute atomic E-state index is 5.07. The first kappa shape index (κ1) is 18.8. The lowest BCUT2D eigenvalue weighted by Crippen LogP contribution is -2.41. The predicted octanol–water partition coefficient (Wildman–Crippen LogP) is 6.47. The van der Waals surface area contributed by atoms with E-state index >= 15 is 0 Å². The first-order chi connectivity index (χ1) is 15.8. The maximum atomic E-state index is 5.07. The molecule has 0 radical (unpaired) electrons. The van der Waals surface area contributed by atoms with Crippen LogP contribution in [0.1, 0.15) is 73.7 Å². The van der Waals surface area contributed by atoms with Crippen LogP contribution in [0.3, 0.4) is 0 Å². The normalized spacial score (nSPS) is 21.4. The topological polar surface area (TPSA) is 26.0 Å². The maximum Gasteiger partial charge on any atom is 0.206 e. The minimum absolute atomic E-state index is 0.438. The van der Waals surface area contributed by atoms with Gasteiger partial charge in [-0.3, -0.25) is 0 Å². The van der Waals surface area contributed by atoms with Crippen LogP contribution >= 0.6 is 0 Å². The van der Waals surface area contributed by atoms with E-state index in [0.717, 1.165) is 30.5 Å². The van der Waals surface area contributed by atoms with Gasteiger partial charge in [-0.15, -0.1) is 0 Å². The van der Waals surface area contributed by atoms with E-state index in [1.54, 1.807) is 22.2 Å². The van der Waals surface area contributed by atoms with Gasteiger partial charge in [0.15, 0.2) is 0 Å². The van der Waals surface area contributed by atoms with E-state index < -0.39 is 0 Å². The molecule has 2 aromatic carbocycles. The molecule has 7 rings (SSSR count). The Kier molecular flexibility index (Phi) is 4.18. The first-order valence-corrected chi connectivity index (χ1v) is 12.6. The van der Waals surface area contributed by atoms with Gasteiger partial charge in [0, 0.05) is 36.7 Å². The molecule has 0 bridgehead atoms. The number of hydrogen-bond acceptors (Lipinski definition) is 2. The van der Waals surface area contributed by atoms with E-state index in [1.807, 2.05) is 0 Å². The van der Waals surface area contributed by atoms with Crippen LogP contribution in [0.2, 0.25) is 0 Å². The van der Waals surface area contributed by atoms with Crippen molar-refractivity contribution in [2.24, 2.45) is 7.05 Å². The monoisotopic (exact) mass is 424 g/mol. The summed E-state index contributed by atoms with van der Waals surface area (Å²) in [6.45, 7) is 2.08. The molecule has 32 heavy (non-hydrogen) atoms. The molecule has 1 atom stereocenters. The van der Waals surface area contributed by atoms with Gasteiger partial charge in [-0.25, -0.2) is 4.98 Å². The number of aryl methyl sites for hydroxylation is 2. The van der Waals surface area contributed by atoms with E-state index in [9.17, 15) is 0 Å². The van der Waals surface area contributed by atoms with Crippen LogP contribution in [-0.4, -0.2) is 20.7 Å². The van der Waals surface area contributed by atoms with Gasteiger partial charge in [0.1, 0.15) is 0 Å². The minimum Gasteiger partial charge on any atom is -0.341 e. The Hall–Kier alpha value is -2.75. The quantitative estimate of drug-likeness (QED) is 0.368. The van der Waals surface area contributed by atoms with Crippen LogP contribution in [0.4, 0.5) is 5.95 Å². The molecule has 1 saturated carbocycles. The van der Waals surface area contributed by atoms with Crippen molar-refractivity contribution < 1.29 is 0 Å². The lowest BCUT2D eigenvalue weighted by Gasteiger charge is -2.40. The SMILES string of the molecule is Cn1c(N2CCn3c4c(c5cc(C6CCCCC6)ccc53)CCCC42)nc2ccccc21. The molecular weight excluding hydrogens is 392 g/mol. The number of anilines is 1. The molecule has 0 spiro atoms. The molecule has 1 aliphatic heterocycles. The Morgan fingerprint density at radius 3 is 2.62 bits per heavy atom. The fourth-order valence-electron chi connectivity index (χ4n) is 6.94. The first-order valence-electron chi connectivity index (χ1n) is 12.6. The van der Waals surface area contributed by atoms with E-state index in [-0.39, 0.29) is 0 Å². The number of nitrogens with zero attached hydrogens (tertiary/aromatic N) is 4. The minimum atomic E-state index is 0.438. The lowest BCUT2D eigenvalue weighted by molar-refractivity contribution is 0.429. The Bertz CT molecular complexity index is 1320. The number of para-hydroxylation sites is 2. The molecular formula is C28H32N4. The molecule has 4 aromatic rings. The van der Waals surface area contributed by atoms with Crippen LogP contribution in [0.5, 0.6) is 0 Å². The van der Waals surface area contributed by atoms with E-state index in [1.165, 1.54) is 62.4 Å². The molecule has 0 amide bonds. The fourth-order valence-corrected chi connectivity index (χ4v) is 6.94. The average molecular weight is 425 g/mol. The third-order valence-corrected chi connectivity index (χ3v) is 8.49. The van der Waals surface area contributed by atoms with Crippen molar-refractivity contribution in [3.63, 3.8) is 0 Å². The highest BCUT2D eigenvalue weighted by Crippen LogP contribution is 2.45. The number of fused-ring (bicyclic) bond motifs is 4. The van der Waals surface area contributed by atoms with Crippen LogP contribution in [0.25, 0.3) is 21.9 Å². The highest BCUT2D eigenvalue weighted by molar-refractivity contribution is 5.87. The Morgan fingerprint density at radius 2 is 1.75 bits per heavy atom. The summed E-state index contributed by atoms with van der Waals surface area (Å²) in [6.07, 6.45) is 10.7. The lowest BCUT2D eigenvalue weighted by atomic mass is 9.83. The summed E-state index contributed by atoms with van der Waals surface area (Å²) in [6, 6.07) is 16.4. The van der Waals surface area contributed by atoms with Crippen molar-refractivity contribution in [3.05, 3.63) is 59.3 Å². The smallest absolute Gasteiger partial charge is 0.206 e. The summed E-state index contributed by atoms with van der Waals surface area (Å²) in [7, 11) is 2.18. The van der Waals surface area contributed by atoms with Crippen LogP contribution in [-0.2, 0) is 20.0 Å². The van der Waals surface area contributed by atoms with Crippen molar-refractivity contribution in [1.82, 2.24) is 14.1 Å². The summed E-state index contributed by atoms with van der Waals surface area (Å²) in [5.74, 6) is 1.90. The highest BCUT2D eigenvalue weighted by atomic mass is 15.4. The third-order valence-electron chi connectivity index (χ3n) is 8.49. The zero-order valence-electron chi connectivity index (χ0n) is 19.1. The van der Waals surface area contributed by atoms with E-state index in [0.29, 0.717) is 6.04 Å². The Morgan fingerprint density at radius 1 is 0.875 bits per heavy atom. The van der Waals surface area contributed by atoms with Crippen molar-refractivity contribution in [1.29, 1.82) is 0 Å². The zero-order valence-corrected chi connectivity index (χ0v) is 19.1. The second kappa shape index (κ2) is 7.13. The molecule has 0 N–H and O–H groups in total. The summed E-state index contributed by atoms with van der Waals surface area (Å²) in [4.78, 5) is 7.67. The molecule has 2 aliphatic carbocycles. The van der Waals surface area contributed by atoms with Crippen molar-refractivity contribution in [2.45, 2.75) is 69.9 Å². The number of benzene rings is 2. The molecule has 164 valence electrons. The molecule has 0 saturated heterocycles. The largest absolute Gasteiger partial charge is 0.341 e. The van der Waals surface area contributed by atoms with E-state index in [4.69, 9.17) is 4.98 Å². The molecule has 3 heterocycles. The molecule has 2 aromatic heterocycles. The molecule has 1 fully saturated rings. The molecule has 3 aliphatic rings. The fraction of sp³-hybridized carbons (Fsp3) is 0.464. The second-order valence-corrected chi connectivity index (χ2v) is 10.2. The van der Waals surface area contributed by atoms with Gasteiger partial charge < -0.3 is 14.0 Å². The number of hydrogen-bond donors (Lipinski definition) is 0. The standard InChI is InChI=1S/C28H32N4/c1-30-25-12-6-5-11-23(25)29-28(30)32-17-16-31-24-15-14-20(19-8-3-2-4-9-19)18-22(24)21-10-7-13-26(32)27(21)31/h5-6,11-12,14-15,18-19,26H,2-4,7-10,13,16-17H2,1H3. The van der Waals surface area contributed by atoms with Crippen molar-refractivity contribution in [3.8, 4) is 0 Å². The van der Waals surface area contributed by atoms with Gasteiger partial charge >= 0.3 is 0 Å². The van der Waals surface area contributed by atoms with Gasteiger partial charge in [0.05, 0.1) is 17.1 Å². The van der Waals surface area contributed by atoms with Crippen LogP contribution in [0, 0.1) is 0 Å². The Balaban J connectivity index is 1.34. The predicted molar refractivity (Wildman–Crippen MR) is 132 cm³/mol. The van der Waals surface area contributed by atoms with Crippen molar-refractivity contribution >= 4 is 27.9 Å². The summed E-state index contributed by atoms with van der Waals surface area (Å²) >= 11 is 0. The Labute approximate surface area is 189 Å². The highest BCUT2D eigenvalue weighted by Gasteiger charge is 2.36. The molecule has 4 nitrogen and oxygen atoms in total. The van der Waals surface area contributed by atoms with Crippen LogP contribution in [0.15, 0.2) is 42.5 Å². The van der Waals surface area contributed by atoms with Gasteiger partial charge in [-0.1, -0.05) is 37.5 Å². The summed E-state index contributed by atoms with van der Waals surface area (Å²) in [5.41, 5.74) is 8.57. The molecule has 1 unspecified atom stereocenters. The molecule has 4 heteroatoms. The summed E-state index contributed by atoms with van der Waals surface area (Å²) < 4.78 is 4.95. The number of rotatable bonds is 2. The van der Waals surface area contributed by atoms with E-state index in [2.05, 4.69) is 63.5 Å². The van der Waals surface area contributed by atoms with Gasteiger partial charge in [-0.2, -0.15) is 0 Å². The van der Waals surface area contributed by atoms with Crippen molar-refractivity contribution in [2.75, 3.05) is 11.4 Å². The van der Waals surface area contributed by atoms with Gasteiger partial charge in [-0.05, 0) is 73.4 Å². The third kappa shape index (κ3) is 2.65. The average Bonchev–Trinajstić information content (AvgIpc) is 3.36. The van der Waals surface area contributed by atoms with Gasteiger partial charge in [0.25, 0.3) is 0 Å². The van der Waals surface area contributed by atoms with Crippen LogP contribution < -0.4 is 4.90 Å². The second-order valence-electron chi connectivity index (χ2n) is 10.2. The number of imidazole rings is 1. The summed E-state index contributed by atoms with van der Waals surface area (Å²) in [5, 5.41) is 1.54. The number of aromatic nitrogens is 3.